The number of hydrogen-bond donors (Lipinski definition) is 2. The van der Waals surface area contributed by atoms with Gasteiger partial charge in [-0.05, 0) is 31.0 Å². The number of ether oxygens (including phenoxy) is 1. The van der Waals surface area contributed by atoms with Crippen LogP contribution in [0.15, 0.2) is 22.6 Å². The topological polar surface area (TPSA) is 84.6 Å². The fourth-order valence-electron chi connectivity index (χ4n) is 3.13. The largest absolute Gasteiger partial charge is 0.438 e. The summed E-state index contributed by atoms with van der Waals surface area (Å²) < 4.78 is 10.5. The zero-order valence-corrected chi connectivity index (χ0v) is 13.3. The summed E-state index contributed by atoms with van der Waals surface area (Å²) in [4.78, 5) is 16.5. The number of amides is 1. The molecule has 0 aliphatic heterocycles. The molecule has 2 N–H and O–H groups in total. The van der Waals surface area contributed by atoms with Crippen LogP contribution in [0, 0.1) is 0 Å². The number of nitrogens with one attached hydrogen (secondary N) is 1. The van der Waals surface area contributed by atoms with E-state index >= 15 is 0 Å². The molecule has 23 heavy (non-hydrogen) atoms. The van der Waals surface area contributed by atoms with Gasteiger partial charge in [-0.2, -0.15) is 0 Å². The van der Waals surface area contributed by atoms with Crippen LogP contribution in [0.2, 0.25) is 0 Å². The highest BCUT2D eigenvalue weighted by molar-refractivity contribution is 5.93. The maximum absolute atomic E-state index is 12.2. The van der Waals surface area contributed by atoms with Crippen molar-refractivity contribution in [3.8, 4) is 0 Å². The van der Waals surface area contributed by atoms with Crippen LogP contribution in [-0.2, 0) is 16.1 Å². The maximum Gasteiger partial charge on any atom is 0.227 e. The van der Waals surface area contributed by atoms with Gasteiger partial charge in [0, 0.05) is 12.8 Å². The van der Waals surface area contributed by atoms with Crippen LogP contribution in [0.1, 0.15) is 44.4 Å². The number of methoxy groups -OCH3 is 1. The molecule has 1 fully saturated rings. The molecule has 0 atom stereocenters. The lowest BCUT2D eigenvalue weighted by atomic mass is 9.82. The van der Waals surface area contributed by atoms with Gasteiger partial charge >= 0.3 is 0 Å². The zero-order valence-electron chi connectivity index (χ0n) is 13.3. The molecule has 1 aromatic carbocycles. The number of aliphatic hydroxyl groups is 1. The molecular formula is C17H22N2O4. The standard InChI is InChI=1S/C17H22N2O4/c1-22-11-16-19-13-9-12(5-6-14(13)23-16)18-15(20)10-17(21)7-3-2-4-8-17/h5-6,9,21H,2-4,7-8,10-11H2,1H3,(H,18,20). The van der Waals surface area contributed by atoms with Crippen molar-refractivity contribution in [2.45, 2.75) is 50.7 Å². The first-order valence-corrected chi connectivity index (χ1v) is 7.99. The highest BCUT2D eigenvalue weighted by Gasteiger charge is 2.31. The second-order valence-corrected chi connectivity index (χ2v) is 6.23. The molecule has 3 rings (SSSR count). The Labute approximate surface area is 134 Å². The summed E-state index contributed by atoms with van der Waals surface area (Å²) >= 11 is 0. The van der Waals surface area contributed by atoms with Gasteiger partial charge in [0.05, 0.1) is 12.0 Å². The van der Waals surface area contributed by atoms with Crippen LogP contribution in [0.5, 0.6) is 0 Å². The van der Waals surface area contributed by atoms with Crippen LogP contribution < -0.4 is 5.32 Å². The average molecular weight is 318 g/mol. The predicted octanol–water partition coefficient (Wildman–Crippen LogP) is 3.00. The molecule has 1 amide bonds. The number of fused-ring (bicyclic) bond motifs is 1. The van der Waals surface area contributed by atoms with Crippen molar-refractivity contribution in [3.63, 3.8) is 0 Å². The van der Waals surface area contributed by atoms with Crippen LogP contribution in [0.3, 0.4) is 0 Å². The van der Waals surface area contributed by atoms with Crippen molar-refractivity contribution in [1.82, 2.24) is 4.98 Å². The van der Waals surface area contributed by atoms with Crippen molar-refractivity contribution in [3.05, 3.63) is 24.1 Å². The lowest BCUT2D eigenvalue weighted by Gasteiger charge is -2.31. The van der Waals surface area contributed by atoms with Gasteiger partial charge in [0.25, 0.3) is 0 Å². The fourth-order valence-corrected chi connectivity index (χ4v) is 3.13. The van der Waals surface area contributed by atoms with Crippen molar-refractivity contribution < 1.29 is 19.1 Å². The van der Waals surface area contributed by atoms with Crippen molar-refractivity contribution >= 4 is 22.7 Å². The number of anilines is 1. The van der Waals surface area contributed by atoms with E-state index in [2.05, 4.69) is 10.3 Å². The van der Waals surface area contributed by atoms with Crippen LogP contribution >= 0.6 is 0 Å². The number of benzene rings is 1. The molecule has 1 saturated carbocycles. The monoisotopic (exact) mass is 318 g/mol. The lowest BCUT2D eigenvalue weighted by Crippen LogP contribution is -2.35. The average Bonchev–Trinajstić information content (AvgIpc) is 2.89. The number of nitrogens with zero attached hydrogens (tertiary/aromatic N) is 1. The molecule has 1 aromatic heterocycles. The van der Waals surface area contributed by atoms with Gasteiger partial charge in [0.1, 0.15) is 12.1 Å². The van der Waals surface area contributed by atoms with E-state index in [1.54, 1.807) is 25.3 Å². The minimum absolute atomic E-state index is 0.138. The highest BCUT2D eigenvalue weighted by atomic mass is 16.5. The number of hydrogen-bond acceptors (Lipinski definition) is 5. The summed E-state index contributed by atoms with van der Waals surface area (Å²) in [5.41, 5.74) is 1.12. The number of carbonyl (C=O) groups is 1. The highest BCUT2D eigenvalue weighted by Crippen LogP contribution is 2.31. The number of aromatic nitrogens is 1. The molecule has 0 saturated heterocycles. The molecule has 0 bridgehead atoms. The third kappa shape index (κ3) is 3.89. The molecule has 6 heteroatoms. The second-order valence-electron chi connectivity index (χ2n) is 6.23. The predicted molar refractivity (Wildman–Crippen MR) is 86.0 cm³/mol. The Morgan fingerprint density at radius 3 is 2.91 bits per heavy atom. The molecule has 1 heterocycles. The van der Waals surface area contributed by atoms with E-state index in [1.165, 1.54) is 0 Å². The molecule has 0 spiro atoms. The molecule has 1 aliphatic rings. The molecule has 2 aromatic rings. The smallest absolute Gasteiger partial charge is 0.227 e. The van der Waals surface area contributed by atoms with Crippen molar-refractivity contribution in [1.29, 1.82) is 0 Å². The third-order valence-corrected chi connectivity index (χ3v) is 4.26. The molecule has 124 valence electrons. The quantitative estimate of drug-likeness (QED) is 0.885. The first kappa shape index (κ1) is 16.0. The lowest BCUT2D eigenvalue weighted by molar-refractivity contribution is -0.122. The van der Waals surface area contributed by atoms with E-state index in [9.17, 15) is 9.90 Å². The van der Waals surface area contributed by atoms with Crippen LogP contribution in [-0.4, -0.2) is 28.7 Å². The summed E-state index contributed by atoms with van der Waals surface area (Å²) in [6, 6.07) is 5.31. The fraction of sp³-hybridized carbons (Fsp3) is 0.529. The minimum Gasteiger partial charge on any atom is -0.438 e. The zero-order chi connectivity index (χ0) is 16.3. The van der Waals surface area contributed by atoms with Gasteiger partial charge in [0.2, 0.25) is 11.8 Å². The summed E-state index contributed by atoms with van der Waals surface area (Å²) in [6.07, 6.45) is 4.63. The van der Waals surface area contributed by atoms with Crippen molar-refractivity contribution in [2.24, 2.45) is 0 Å². The Kier molecular flexibility index (Phi) is 4.63. The Morgan fingerprint density at radius 1 is 1.39 bits per heavy atom. The van der Waals surface area contributed by atoms with E-state index in [-0.39, 0.29) is 12.3 Å². The molecule has 0 radical (unpaired) electrons. The molecule has 6 nitrogen and oxygen atoms in total. The first-order valence-electron chi connectivity index (χ1n) is 7.99. The van der Waals surface area contributed by atoms with E-state index in [4.69, 9.17) is 9.15 Å². The summed E-state index contributed by atoms with van der Waals surface area (Å²) in [6.45, 7) is 0.309. The van der Waals surface area contributed by atoms with Gasteiger partial charge in [0.15, 0.2) is 5.58 Å². The first-order chi connectivity index (χ1) is 11.1. The number of rotatable bonds is 5. The van der Waals surface area contributed by atoms with Gasteiger partial charge in [-0.1, -0.05) is 19.3 Å². The molecule has 0 unspecified atom stereocenters. The van der Waals surface area contributed by atoms with E-state index in [1.807, 2.05) is 0 Å². The summed E-state index contributed by atoms with van der Waals surface area (Å²) in [7, 11) is 1.58. The Balaban J connectivity index is 1.67. The van der Waals surface area contributed by atoms with Gasteiger partial charge < -0.3 is 19.6 Å². The SMILES string of the molecule is COCc1nc2cc(NC(=O)CC3(O)CCCCC3)ccc2o1. The summed E-state index contributed by atoms with van der Waals surface area (Å²) in [5, 5.41) is 13.3. The Hall–Kier alpha value is -1.92. The number of oxazole rings is 1. The minimum atomic E-state index is -0.855. The third-order valence-electron chi connectivity index (χ3n) is 4.26. The van der Waals surface area contributed by atoms with Crippen LogP contribution in [0.4, 0.5) is 5.69 Å². The second kappa shape index (κ2) is 6.68. The Bertz CT molecular complexity index is 689. The van der Waals surface area contributed by atoms with Crippen LogP contribution in [0.25, 0.3) is 11.1 Å². The maximum atomic E-state index is 12.2. The van der Waals surface area contributed by atoms with E-state index < -0.39 is 5.60 Å². The molecule has 1 aliphatic carbocycles. The molecular weight excluding hydrogens is 296 g/mol. The number of carbonyl (C=O) groups excluding carboxylic acids is 1. The summed E-state index contributed by atoms with van der Waals surface area (Å²) in [5.74, 6) is 0.330. The normalized spacial score (nSPS) is 17.3. The van der Waals surface area contributed by atoms with E-state index in [0.29, 0.717) is 42.1 Å². The van der Waals surface area contributed by atoms with Gasteiger partial charge in [-0.3, -0.25) is 4.79 Å². The Morgan fingerprint density at radius 2 is 2.17 bits per heavy atom. The van der Waals surface area contributed by atoms with Crippen molar-refractivity contribution in [2.75, 3.05) is 12.4 Å². The van der Waals surface area contributed by atoms with Gasteiger partial charge in [-0.15, -0.1) is 0 Å². The van der Waals surface area contributed by atoms with Gasteiger partial charge in [-0.25, -0.2) is 4.98 Å². The van der Waals surface area contributed by atoms with E-state index in [0.717, 1.165) is 19.3 Å².